The fraction of sp³-hybridized carbons (Fsp3) is 0.875. The van der Waals surface area contributed by atoms with E-state index in [1.165, 1.54) is 0 Å². The highest BCUT2D eigenvalue weighted by molar-refractivity contribution is 7.89. The van der Waals surface area contributed by atoms with Crippen molar-refractivity contribution in [3.8, 4) is 0 Å². The van der Waals surface area contributed by atoms with Crippen molar-refractivity contribution in [1.29, 1.82) is 0 Å². The van der Waals surface area contributed by atoms with Crippen LogP contribution in [0, 0.1) is 5.92 Å². The quantitative estimate of drug-likeness (QED) is 0.501. The number of carbonyl (C=O) groups is 1. The summed E-state index contributed by atoms with van der Waals surface area (Å²) >= 11 is 0. The lowest BCUT2D eigenvalue weighted by Gasteiger charge is -2.14. The van der Waals surface area contributed by atoms with Gasteiger partial charge in [0, 0.05) is 18.5 Å². The Bertz CT molecular complexity index is 300. The van der Waals surface area contributed by atoms with E-state index >= 15 is 0 Å². The number of hydrogen-bond acceptors (Lipinski definition) is 4. The van der Waals surface area contributed by atoms with Crippen molar-refractivity contribution in [2.75, 3.05) is 12.3 Å². The zero-order valence-corrected chi connectivity index (χ0v) is 9.88. The van der Waals surface area contributed by atoms with Crippen LogP contribution in [0.25, 0.3) is 0 Å². The Morgan fingerprint density at radius 3 is 2.33 bits per heavy atom. The molecule has 0 heterocycles. The van der Waals surface area contributed by atoms with Gasteiger partial charge in [0.2, 0.25) is 15.9 Å². The molecule has 0 aromatic heterocycles. The van der Waals surface area contributed by atoms with Gasteiger partial charge in [-0.2, -0.15) is 0 Å². The van der Waals surface area contributed by atoms with Gasteiger partial charge in [0.15, 0.2) is 0 Å². The highest BCUT2D eigenvalue weighted by atomic mass is 32.2. The SMILES string of the molecule is CC(N)C(C)C(=O)NCCCS(N)(=O)=O. The van der Waals surface area contributed by atoms with Crippen molar-refractivity contribution in [2.24, 2.45) is 16.8 Å². The van der Waals surface area contributed by atoms with Crippen molar-refractivity contribution in [3.63, 3.8) is 0 Å². The van der Waals surface area contributed by atoms with Crippen LogP contribution in [0.2, 0.25) is 0 Å². The minimum atomic E-state index is -3.43. The fourth-order valence-corrected chi connectivity index (χ4v) is 1.43. The zero-order valence-electron chi connectivity index (χ0n) is 9.06. The molecule has 0 fully saturated rings. The molecule has 0 rings (SSSR count). The Morgan fingerprint density at radius 1 is 1.40 bits per heavy atom. The maximum atomic E-state index is 11.3. The summed E-state index contributed by atoms with van der Waals surface area (Å²) in [4.78, 5) is 11.3. The molecule has 0 saturated heterocycles. The minimum Gasteiger partial charge on any atom is -0.356 e. The van der Waals surface area contributed by atoms with Gasteiger partial charge in [0.25, 0.3) is 0 Å². The highest BCUT2D eigenvalue weighted by Crippen LogP contribution is 1.99. The first-order valence-electron chi connectivity index (χ1n) is 4.78. The standard InChI is InChI=1S/C8H19N3O3S/c1-6(7(2)9)8(12)11-4-3-5-15(10,13)14/h6-7H,3-5,9H2,1-2H3,(H,11,12)(H2,10,13,14). The largest absolute Gasteiger partial charge is 0.356 e. The van der Waals surface area contributed by atoms with E-state index in [0.717, 1.165) is 0 Å². The van der Waals surface area contributed by atoms with Gasteiger partial charge in [-0.05, 0) is 13.3 Å². The molecule has 0 bridgehead atoms. The molecule has 90 valence electrons. The van der Waals surface area contributed by atoms with Crippen LogP contribution >= 0.6 is 0 Å². The lowest BCUT2D eigenvalue weighted by molar-refractivity contribution is -0.124. The Morgan fingerprint density at radius 2 is 1.93 bits per heavy atom. The molecule has 0 spiro atoms. The molecular formula is C8H19N3O3S. The summed E-state index contributed by atoms with van der Waals surface area (Å²) < 4.78 is 21.1. The lowest BCUT2D eigenvalue weighted by atomic mass is 10.0. The van der Waals surface area contributed by atoms with Crippen LogP contribution in [0.5, 0.6) is 0 Å². The van der Waals surface area contributed by atoms with Crippen LogP contribution in [0.4, 0.5) is 0 Å². The Hall–Kier alpha value is -0.660. The van der Waals surface area contributed by atoms with Crippen LogP contribution in [0.3, 0.4) is 0 Å². The van der Waals surface area contributed by atoms with Crippen LogP contribution < -0.4 is 16.2 Å². The second-order valence-electron chi connectivity index (χ2n) is 3.66. The normalized spacial score (nSPS) is 15.7. The molecule has 7 heteroatoms. The number of rotatable bonds is 6. The van der Waals surface area contributed by atoms with Gasteiger partial charge >= 0.3 is 0 Å². The first-order valence-corrected chi connectivity index (χ1v) is 6.49. The van der Waals surface area contributed by atoms with Crippen molar-refractivity contribution in [3.05, 3.63) is 0 Å². The third-order valence-electron chi connectivity index (χ3n) is 2.11. The molecule has 2 unspecified atom stereocenters. The average Bonchev–Trinajstić information content (AvgIpc) is 2.09. The Labute approximate surface area is 90.4 Å². The predicted octanol–water partition coefficient (Wildman–Crippen LogP) is -1.24. The molecule has 0 aromatic rings. The lowest BCUT2D eigenvalue weighted by Crippen LogP contribution is -2.39. The van der Waals surface area contributed by atoms with E-state index < -0.39 is 10.0 Å². The topological polar surface area (TPSA) is 115 Å². The van der Waals surface area contributed by atoms with Gasteiger partial charge < -0.3 is 11.1 Å². The van der Waals surface area contributed by atoms with Gasteiger partial charge in [-0.3, -0.25) is 4.79 Å². The van der Waals surface area contributed by atoms with Crippen LogP contribution in [-0.4, -0.2) is 32.7 Å². The summed E-state index contributed by atoms with van der Waals surface area (Å²) in [7, 11) is -3.43. The van der Waals surface area contributed by atoms with Gasteiger partial charge in [-0.1, -0.05) is 6.92 Å². The van der Waals surface area contributed by atoms with E-state index in [9.17, 15) is 13.2 Å². The van der Waals surface area contributed by atoms with Crippen molar-refractivity contribution >= 4 is 15.9 Å². The number of primary sulfonamides is 1. The molecule has 0 aromatic carbocycles. The molecule has 0 aliphatic carbocycles. The maximum Gasteiger partial charge on any atom is 0.224 e. The van der Waals surface area contributed by atoms with E-state index in [1.54, 1.807) is 13.8 Å². The van der Waals surface area contributed by atoms with Crippen molar-refractivity contribution in [1.82, 2.24) is 5.32 Å². The third kappa shape index (κ3) is 7.29. The van der Waals surface area contributed by atoms with E-state index in [1.807, 2.05) is 0 Å². The second-order valence-corrected chi connectivity index (χ2v) is 5.39. The van der Waals surface area contributed by atoms with Crippen LogP contribution in [-0.2, 0) is 14.8 Å². The van der Waals surface area contributed by atoms with E-state index in [4.69, 9.17) is 10.9 Å². The van der Waals surface area contributed by atoms with Gasteiger partial charge in [-0.25, -0.2) is 13.6 Å². The number of nitrogens with one attached hydrogen (secondary N) is 1. The van der Waals surface area contributed by atoms with Crippen molar-refractivity contribution in [2.45, 2.75) is 26.3 Å². The number of amides is 1. The summed E-state index contributed by atoms with van der Waals surface area (Å²) in [6, 6.07) is -0.219. The number of carbonyl (C=O) groups excluding carboxylic acids is 1. The fourth-order valence-electron chi connectivity index (χ4n) is 0.885. The van der Waals surface area contributed by atoms with Crippen LogP contribution in [0.1, 0.15) is 20.3 Å². The summed E-state index contributed by atoms with van der Waals surface area (Å²) in [5.74, 6) is -0.571. The molecule has 15 heavy (non-hydrogen) atoms. The molecule has 0 radical (unpaired) electrons. The summed E-state index contributed by atoms with van der Waals surface area (Å²) in [5, 5.41) is 7.40. The minimum absolute atomic E-state index is 0.125. The number of sulfonamides is 1. The first kappa shape index (κ1) is 14.3. The molecule has 6 nitrogen and oxygen atoms in total. The Balaban J connectivity index is 3.74. The van der Waals surface area contributed by atoms with E-state index in [0.29, 0.717) is 13.0 Å². The second kappa shape index (κ2) is 6.04. The monoisotopic (exact) mass is 237 g/mol. The predicted molar refractivity (Wildman–Crippen MR) is 58.4 cm³/mol. The molecule has 5 N–H and O–H groups in total. The third-order valence-corrected chi connectivity index (χ3v) is 2.96. The molecular weight excluding hydrogens is 218 g/mol. The van der Waals surface area contributed by atoms with Gasteiger partial charge in [0.1, 0.15) is 0 Å². The molecule has 0 saturated carbocycles. The van der Waals surface area contributed by atoms with Gasteiger partial charge in [0.05, 0.1) is 5.75 Å². The van der Waals surface area contributed by atoms with Crippen molar-refractivity contribution < 1.29 is 13.2 Å². The average molecular weight is 237 g/mol. The number of nitrogens with two attached hydrogens (primary N) is 2. The molecule has 0 aliphatic heterocycles. The summed E-state index contributed by atoms with van der Waals surface area (Å²) in [6.45, 7) is 3.76. The Kier molecular flexibility index (Phi) is 5.77. The first-order chi connectivity index (χ1) is 6.74. The van der Waals surface area contributed by atoms with E-state index in [-0.39, 0.29) is 23.6 Å². The summed E-state index contributed by atoms with van der Waals surface area (Å²) in [5.41, 5.74) is 5.53. The molecule has 2 atom stereocenters. The molecule has 1 amide bonds. The molecule has 0 aliphatic rings. The smallest absolute Gasteiger partial charge is 0.224 e. The highest BCUT2D eigenvalue weighted by Gasteiger charge is 2.16. The number of hydrogen-bond donors (Lipinski definition) is 3. The van der Waals surface area contributed by atoms with Gasteiger partial charge in [-0.15, -0.1) is 0 Å². The summed E-state index contributed by atoms with van der Waals surface area (Å²) in [6.07, 6.45) is 0.316. The van der Waals surface area contributed by atoms with E-state index in [2.05, 4.69) is 5.32 Å². The zero-order chi connectivity index (χ0) is 12.1. The maximum absolute atomic E-state index is 11.3. The van der Waals surface area contributed by atoms with Crippen LogP contribution in [0.15, 0.2) is 0 Å².